The zero-order valence-corrected chi connectivity index (χ0v) is 23.7. The van der Waals surface area contributed by atoms with Gasteiger partial charge in [0.1, 0.15) is 36.9 Å². The minimum atomic E-state index is -0.668. The second kappa shape index (κ2) is 15.0. The molecule has 0 aliphatic carbocycles. The Balaban J connectivity index is 1.25. The number of carbonyl (C=O) groups excluding carboxylic acids is 2. The van der Waals surface area contributed by atoms with Crippen LogP contribution in [0.15, 0.2) is 55.0 Å². The number of methoxy groups -OCH3 is 2. The molecule has 2 aromatic heterocycles. The molecule has 2 atom stereocenters. The normalized spacial score (nSPS) is 16.3. The van der Waals surface area contributed by atoms with Crippen LogP contribution in [0.4, 0.5) is 5.69 Å². The van der Waals surface area contributed by atoms with E-state index in [-0.39, 0.29) is 31.1 Å². The second-order valence-corrected chi connectivity index (χ2v) is 9.64. The number of rotatable bonds is 15. The minimum absolute atomic E-state index is 0.0264. The Bertz CT molecular complexity index is 1270. The van der Waals surface area contributed by atoms with Crippen LogP contribution in [0.3, 0.4) is 0 Å². The first-order valence-corrected chi connectivity index (χ1v) is 13.5. The zero-order valence-electron chi connectivity index (χ0n) is 23.7. The first-order valence-electron chi connectivity index (χ1n) is 13.5. The van der Waals surface area contributed by atoms with Crippen LogP contribution in [-0.2, 0) is 25.6 Å². The SMILES string of the molecule is COCCCN(CCOc1ccc(C)cc1)C(=O)Cn1cc(NC(=O)[C@H]2C[C@H](Oc3ccnc(OC)c3)CO2)cn1. The molecule has 1 aliphatic rings. The summed E-state index contributed by atoms with van der Waals surface area (Å²) in [6.07, 6.45) is 4.87. The molecule has 0 saturated carbocycles. The summed E-state index contributed by atoms with van der Waals surface area (Å²) in [4.78, 5) is 31.7. The van der Waals surface area contributed by atoms with Crippen molar-refractivity contribution in [3.63, 3.8) is 0 Å². The van der Waals surface area contributed by atoms with Crippen molar-refractivity contribution < 1.29 is 33.3 Å². The Kier molecular flexibility index (Phi) is 10.9. The number of hydrogen-bond donors (Lipinski definition) is 1. The molecule has 3 heterocycles. The maximum atomic E-state index is 13.1. The third-order valence-electron chi connectivity index (χ3n) is 6.45. The zero-order chi connectivity index (χ0) is 29.0. The quantitative estimate of drug-likeness (QED) is 0.276. The Hall–Kier alpha value is -4.16. The maximum absolute atomic E-state index is 13.1. The summed E-state index contributed by atoms with van der Waals surface area (Å²) < 4.78 is 29.2. The van der Waals surface area contributed by atoms with Crippen LogP contribution in [0.2, 0.25) is 0 Å². The molecule has 1 saturated heterocycles. The van der Waals surface area contributed by atoms with Crippen LogP contribution in [0.5, 0.6) is 17.4 Å². The van der Waals surface area contributed by atoms with Crippen LogP contribution >= 0.6 is 0 Å². The fourth-order valence-corrected chi connectivity index (χ4v) is 4.28. The van der Waals surface area contributed by atoms with Gasteiger partial charge in [0.15, 0.2) is 0 Å². The molecule has 0 spiro atoms. The second-order valence-electron chi connectivity index (χ2n) is 9.64. The van der Waals surface area contributed by atoms with E-state index >= 15 is 0 Å². The number of nitrogens with one attached hydrogen (secondary N) is 1. The van der Waals surface area contributed by atoms with E-state index in [4.69, 9.17) is 23.7 Å². The lowest BCUT2D eigenvalue weighted by Crippen LogP contribution is -2.38. The van der Waals surface area contributed by atoms with E-state index in [9.17, 15) is 9.59 Å². The number of aromatic nitrogens is 3. The Morgan fingerprint density at radius 2 is 1.95 bits per heavy atom. The summed E-state index contributed by atoms with van der Waals surface area (Å²) in [5.74, 6) is 1.38. The van der Waals surface area contributed by atoms with Crippen molar-refractivity contribution in [2.75, 3.05) is 52.4 Å². The van der Waals surface area contributed by atoms with Gasteiger partial charge in [0.2, 0.25) is 11.8 Å². The largest absolute Gasteiger partial charge is 0.492 e. The molecule has 0 radical (unpaired) electrons. The van der Waals surface area contributed by atoms with E-state index < -0.39 is 6.10 Å². The third kappa shape index (κ3) is 9.19. The van der Waals surface area contributed by atoms with Gasteiger partial charge in [0, 0.05) is 45.1 Å². The number of pyridine rings is 1. The van der Waals surface area contributed by atoms with Crippen LogP contribution in [0, 0.1) is 6.92 Å². The molecule has 220 valence electrons. The van der Waals surface area contributed by atoms with Gasteiger partial charge in [-0.15, -0.1) is 0 Å². The van der Waals surface area contributed by atoms with Crippen LogP contribution in [-0.4, -0.2) is 90.8 Å². The van der Waals surface area contributed by atoms with Crippen molar-refractivity contribution in [1.82, 2.24) is 19.7 Å². The van der Waals surface area contributed by atoms with E-state index in [1.54, 1.807) is 36.5 Å². The van der Waals surface area contributed by atoms with Crippen LogP contribution in [0.1, 0.15) is 18.4 Å². The Labute approximate surface area is 239 Å². The summed E-state index contributed by atoms with van der Waals surface area (Å²) in [7, 11) is 3.17. The van der Waals surface area contributed by atoms with E-state index in [2.05, 4.69) is 15.4 Å². The topological polar surface area (TPSA) is 126 Å². The van der Waals surface area contributed by atoms with E-state index in [1.807, 2.05) is 31.2 Å². The Morgan fingerprint density at radius 1 is 1.12 bits per heavy atom. The summed E-state index contributed by atoms with van der Waals surface area (Å²) in [5.41, 5.74) is 1.63. The minimum Gasteiger partial charge on any atom is -0.492 e. The molecule has 12 heteroatoms. The molecule has 3 aromatic rings. The van der Waals surface area contributed by atoms with Gasteiger partial charge in [-0.3, -0.25) is 14.3 Å². The van der Waals surface area contributed by atoms with E-state index in [0.717, 1.165) is 11.3 Å². The van der Waals surface area contributed by atoms with Gasteiger partial charge in [-0.05, 0) is 31.5 Å². The number of amides is 2. The van der Waals surface area contributed by atoms with Gasteiger partial charge in [-0.2, -0.15) is 5.10 Å². The lowest BCUT2D eigenvalue weighted by molar-refractivity contribution is -0.132. The monoisotopic (exact) mass is 567 g/mol. The Morgan fingerprint density at radius 3 is 2.73 bits per heavy atom. The molecular weight excluding hydrogens is 530 g/mol. The number of ether oxygens (including phenoxy) is 5. The van der Waals surface area contributed by atoms with Gasteiger partial charge in [-0.1, -0.05) is 17.7 Å². The fourth-order valence-electron chi connectivity index (χ4n) is 4.28. The molecule has 2 amide bonds. The van der Waals surface area contributed by atoms with Crippen molar-refractivity contribution in [1.29, 1.82) is 0 Å². The van der Waals surface area contributed by atoms with E-state index in [1.165, 1.54) is 18.0 Å². The third-order valence-corrected chi connectivity index (χ3v) is 6.45. The lowest BCUT2D eigenvalue weighted by Gasteiger charge is -2.23. The molecule has 12 nitrogen and oxygen atoms in total. The molecule has 1 aromatic carbocycles. The van der Waals surface area contributed by atoms with Crippen LogP contribution in [0.25, 0.3) is 0 Å². The summed E-state index contributed by atoms with van der Waals surface area (Å²) in [6.45, 7) is 4.19. The number of carbonyl (C=O) groups is 2. The standard InChI is InChI=1S/C29H37N5O7/c1-21-5-7-23(8-6-21)39-14-12-33(11-4-13-37-2)28(35)19-34-18-22(17-31-34)32-29(36)26-15-25(20-40-26)41-24-9-10-30-27(16-24)38-3/h5-10,16-18,25-26H,4,11-15,19-20H2,1-3H3,(H,32,36)/t25-,26+/m0/s1. The average Bonchev–Trinajstić information content (AvgIpc) is 3.63. The predicted octanol–water partition coefficient (Wildman–Crippen LogP) is 2.71. The van der Waals surface area contributed by atoms with Gasteiger partial charge in [0.05, 0.1) is 32.1 Å². The highest BCUT2D eigenvalue weighted by Crippen LogP contribution is 2.23. The van der Waals surface area contributed by atoms with Gasteiger partial charge >= 0.3 is 0 Å². The molecule has 4 rings (SSSR count). The average molecular weight is 568 g/mol. The number of hydrogen-bond acceptors (Lipinski definition) is 9. The first-order chi connectivity index (χ1) is 19.9. The molecule has 41 heavy (non-hydrogen) atoms. The molecule has 1 N–H and O–H groups in total. The summed E-state index contributed by atoms with van der Waals surface area (Å²) >= 11 is 0. The number of benzene rings is 1. The van der Waals surface area contributed by atoms with Crippen molar-refractivity contribution in [3.05, 3.63) is 60.6 Å². The van der Waals surface area contributed by atoms with Gasteiger partial charge in [0.25, 0.3) is 5.91 Å². The number of anilines is 1. The van der Waals surface area contributed by atoms with Crippen molar-refractivity contribution in [3.8, 4) is 17.4 Å². The van der Waals surface area contributed by atoms with Crippen molar-refractivity contribution in [2.45, 2.75) is 38.5 Å². The number of nitrogens with zero attached hydrogens (tertiary/aromatic N) is 4. The van der Waals surface area contributed by atoms with Crippen molar-refractivity contribution in [2.24, 2.45) is 0 Å². The predicted molar refractivity (Wildman–Crippen MR) is 150 cm³/mol. The molecule has 1 aliphatic heterocycles. The number of aryl methyl sites for hydroxylation is 1. The molecule has 0 unspecified atom stereocenters. The first kappa shape index (κ1) is 29.8. The fraction of sp³-hybridized carbons (Fsp3) is 0.448. The maximum Gasteiger partial charge on any atom is 0.253 e. The highest BCUT2D eigenvalue weighted by molar-refractivity contribution is 5.94. The van der Waals surface area contributed by atoms with E-state index in [0.29, 0.717) is 56.5 Å². The smallest absolute Gasteiger partial charge is 0.253 e. The highest BCUT2D eigenvalue weighted by atomic mass is 16.6. The van der Waals surface area contributed by atoms with Gasteiger partial charge < -0.3 is 33.9 Å². The summed E-state index contributed by atoms with van der Waals surface area (Å²) in [5, 5.41) is 7.07. The molecule has 1 fully saturated rings. The molecule has 0 bridgehead atoms. The van der Waals surface area contributed by atoms with Crippen molar-refractivity contribution >= 4 is 17.5 Å². The van der Waals surface area contributed by atoms with Gasteiger partial charge in [-0.25, -0.2) is 4.98 Å². The molecular formula is C29H37N5O7. The lowest BCUT2D eigenvalue weighted by atomic mass is 10.2. The highest BCUT2D eigenvalue weighted by Gasteiger charge is 2.32. The van der Waals surface area contributed by atoms with Crippen LogP contribution < -0.4 is 19.5 Å². The summed E-state index contributed by atoms with van der Waals surface area (Å²) in [6, 6.07) is 11.2.